The monoisotopic (exact) mass is 560 g/mol. The average Bonchev–Trinajstić information content (AvgIpc) is 3.11. The Morgan fingerprint density at radius 2 is 1.83 bits per heavy atom. The molecule has 2 aromatic rings. The first-order valence-electron chi connectivity index (χ1n) is 9.87. The molecule has 5 nitrogen and oxygen atoms in total. The predicted molar refractivity (Wildman–Crippen MR) is 135 cm³/mol. The van der Waals surface area contributed by atoms with Gasteiger partial charge in [0.15, 0.2) is 5.96 Å². The molecular weight excluding hydrogens is 534 g/mol. The zero-order valence-corrected chi connectivity index (χ0v) is 20.8. The maximum Gasteiger partial charge on any atom is 0.222 e. The van der Waals surface area contributed by atoms with Crippen LogP contribution in [0.2, 0.25) is 10.0 Å². The molecule has 0 radical (unpaired) electrons. The van der Waals surface area contributed by atoms with E-state index in [0.29, 0.717) is 36.1 Å². The van der Waals surface area contributed by atoms with Gasteiger partial charge in [-0.3, -0.25) is 4.79 Å². The molecule has 0 bridgehead atoms. The highest BCUT2D eigenvalue weighted by Gasteiger charge is 2.19. The number of nitrogens with one attached hydrogen (secondary N) is 2. The van der Waals surface area contributed by atoms with Gasteiger partial charge in [-0.05, 0) is 42.2 Å². The molecule has 0 saturated carbocycles. The number of likely N-dealkylation sites (tertiary alicyclic amines) is 1. The molecule has 1 aliphatic rings. The molecule has 0 aliphatic carbocycles. The highest BCUT2D eigenvalue weighted by atomic mass is 127. The molecule has 1 heterocycles. The summed E-state index contributed by atoms with van der Waals surface area (Å²) >= 11 is 12.2. The van der Waals surface area contributed by atoms with E-state index in [1.165, 1.54) is 0 Å². The summed E-state index contributed by atoms with van der Waals surface area (Å²) in [5, 5.41) is 7.80. The maximum atomic E-state index is 11.8. The third kappa shape index (κ3) is 7.32. The molecule has 0 aromatic heterocycles. The number of amides is 1. The van der Waals surface area contributed by atoms with Crippen LogP contribution in [-0.2, 0) is 24.4 Å². The second kappa shape index (κ2) is 12.4. The third-order valence-corrected chi connectivity index (χ3v) is 5.38. The fourth-order valence-electron chi connectivity index (χ4n) is 3.20. The van der Waals surface area contributed by atoms with Crippen molar-refractivity contribution < 1.29 is 4.79 Å². The first kappa shape index (κ1) is 24.8. The molecule has 1 fully saturated rings. The van der Waals surface area contributed by atoms with E-state index in [9.17, 15) is 4.79 Å². The molecule has 0 atom stereocenters. The van der Waals surface area contributed by atoms with Crippen LogP contribution in [0.1, 0.15) is 36.5 Å². The van der Waals surface area contributed by atoms with E-state index in [1.54, 1.807) is 6.07 Å². The summed E-state index contributed by atoms with van der Waals surface area (Å²) in [4.78, 5) is 18.3. The standard InChI is InChI=1S/C22H26Cl2N4O.HI/c1-2-25-22(27-14-18-9-10-19(23)12-20(18)24)26-13-16-5-7-17(8-6-16)15-28-11-3-4-21(28)29;/h5-10,12H,2-4,11,13-15H2,1H3,(H2,25,26,27);1H. The molecule has 8 heteroatoms. The van der Waals surface area contributed by atoms with Gasteiger partial charge in [0.25, 0.3) is 0 Å². The molecule has 30 heavy (non-hydrogen) atoms. The Kier molecular flexibility index (Phi) is 10.2. The van der Waals surface area contributed by atoms with Gasteiger partial charge < -0.3 is 15.5 Å². The quantitative estimate of drug-likeness (QED) is 0.285. The van der Waals surface area contributed by atoms with Crippen molar-refractivity contribution in [2.75, 3.05) is 13.1 Å². The highest BCUT2D eigenvalue weighted by molar-refractivity contribution is 14.0. The van der Waals surface area contributed by atoms with Crippen LogP contribution in [0.15, 0.2) is 47.5 Å². The van der Waals surface area contributed by atoms with Crippen molar-refractivity contribution in [1.29, 1.82) is 0 Å². The number of carbonyl (C=O) groups excluding carboxylic acids is 1. The molecular formula is C22H27Cl2IN4O. The van der Waals surface area contributed by atoms with E-state index in [4.69, 9.17) is 23.2 Å². The number of halogens is 3. The first-order valence-corrected chi connectivity index (χ1v) is 10.6. The second-order valence-electron chi connectivity index (χ2n) is 7.02. The Morgan fingerprint density at radius 3 is 2.47 bits per heavy atom. The summed E-state index contributed by atoms with van der Waals surface area (Å²) in [6, 6.07) is 13.8. The van der Waals surface area contributed by atoms with E-state index in [0.717, 1.165) is 42.2 Å². The smallest absolute Gasteiger partial charge is 0.222 e. The Balaban J connectivity index is 0.00000320. The van der Waals surface area contributed by atoms with Crippen LogP contribution in [0.5, 0.6) is 0 Å². The highest BCUT2D eigenvalue weighted by Crippen LogP contribution is 2.20. The van der Waals surface area contributed by atoms with Gasteiger partial charge >= 0.3 is 0 Å². The van der Waals surface area contributed by atoms with Gasteiger partial charge in [0.05, 0.1) is 6.54 Å². The van der Waals surface area contributed by atoms with E-state index in [1.807, 2.05) is 24.0 Å². The maximum absolute atomic E-state index is 11.8. The lowest BCUT2D eigenvalue weighted by Crippen LogP contribution is -2.36. The number of rotatable bonds is 7. The minimum Gasteiger partial charge on any atom is -0.357 e. The largest absolute Gasteiger partial charge is 0.357 e. The number of carbonyl (C=O) groups is 1. The van der Waals surface area contributed by atoms with Gasteiger partial charge in [-0.15, -0.1) is 24.0 Å². The Labute approximate surface area is 205 Å². The molecule has 2 N–H and O–H groups in total. The third-order valence-electron chi connectivity index (χ3n) is 4.79. The van der Waals surface area contributed by atoms with Crippen LogP contribution in [0, 0.1) is 0 Å². The number of hydrogen-bond donors (Lipinski definition) is 2. The summed E-state index contributed by atoms with van der Waals surface area (Å²) in [7, 11) is 0. The molecule has 1 amide bonds. The number of hydrogen-bond acceptors (Lipinski definition) is 2. The summed E-state index contributed by atoms with van der Waals surface area (Å²) in [5.74, 6) is 0.978. The Hall–Kier alpha value is -1.51. The molecule has 3 rings (SSSR count). The molecule has 2 aromatic carbocycles. The van der Waals surface area contributed by atoms with Crippen LogP contribution < -0.4 is 10.6 Å². The topological polar surface area (TPSA) is 56.7 Å². The lowest BCUT2D eigenvalue weighted by atomic mass is 10.1. The van der Waals surface area contributed by atoms with Gasteiger partial charge in [-0.2, -0.15) is 0 Å². The molecule has 0 spiro atoms. The van der Waals surface area contributed by atoms with E-state index in [-0.39, 0.29) is 29.9 Å². The number of aliphatic imine (C=N–C) groups is 1. The van der Waals surface area contributed by atoms with Crippen LogP contribution in [0.4, 0.5) is 0 Å². The first-order chi connectivity index (χ1) is 14.0. The summed E-state index contributed by atoms with van der Waals surface area (Å²) < 4.78 is 0. The average molecular weight is 561 g/mol. The van der Waals surface area contributed by atoms with Crippen LogP contribution in [-0.4, -0.2) is 29.9 Å². The molecule has 1 aliphatic heterocycles. The van der Waals surface area contributed by atoms with Gasteiger partial charge in [-0.25, -0.2) is 4.99 Å². The van der Waals surface area contributed by atoms with Crippen LogP contribution >= 0.6 is 47.2 Å². The SMILES string of the molecule is CCNC(=NCc1ccc(CN2CCCC2=O)cc1)NCc1ccc(Cl)cc1Cl.I. The minimum absolute atomic E-state index is 0. The van der Waals surface area contributed by atoms with E-state index < -0.39 is 0 Å². The van der Waals surface area contributed by atoms with E-state index in [2.05, 4.69) is 39.9 Å². The lowest BCUT2D eigenvalue weighted by Gasteiger charge is -2.15. The molecule has 0 unspecified atom stereocenters. The fraction of sp³-hybridized carbons (Fsp3) is 0.364. The Morgan fingerprint density at radius 1 is 1.10 bits per heavy atom. The summed E-state index contributed by atoms with van der Waals surface area (Å²) in [6.45, 7) is 5.47. The van der Waals surface area contributed by atoms with Crippen molar-refractivity contribution in [3.63, 3.8) is 0 Å². The normalized spacial score (nSPS) is 13.9. The second-order valence-corrected chi connectivity index (χ2v) is 7.86. The van der Waals surface area contributed by atoms with Crippen molar-refractivity contribution in [1.82, 2.24) is 15.5 Å². The Bertz CT molecular complexity index is 874. The lowest BCUT2D eigenvalue weighted by molar-refractivity contribution is -0.128. The minimum atomic E-state index is 0. The zero-order chi connectivity index (χ0) is 20.6. The number of benzene rings is 2. The van der Waals surface area contributed by atoms with Gasteiger partial charge in [0.1, 0.15) is 0 Å². The van der Waals surface area contributed by atoms with Crippen molar-refractivity contribution >= 4 is 59.0 Å². The van der Waals surface area contributed by atoms with Crippen LogP contribution in [0.25, 0.3) is 0 Å². The molecule has 1 saturated heterocycles. The van der Waals surface area contributed by atoms with Crippen molar-refractivity contribution in [3.05, 3.63) is 69.2 Å². The molecule has 162 valence electrons. The van der Waals surface area contributed by atoms with Crippen LogP contribution in [0.3, 0.4) is 0 Å². The van der Waals surface area contributed by atoms with Gasteiger partial charge in [0, 0.05) is 42.6 Å². The van der Waals surface area contributed by atoms with Crippen molar-refractivity contribution in [2.24, 2.45) is 4.99 Å². The summed E-state index contributed by atoms with van der Waals surface area (Å²) in [6.07, 6.45) is 1.64. The zero-order valence-electron chi connectivity index (χ0n) is 17.0. The number of guanidine groups is 1. The number of nitrogens with zero attached hydrogens (tertiary/aromatic N) is 2. The predicted octanol–water partition coefficient (Wildman–Crippen LogP) is 4.99. The fourth-order valence-corrected chi connectivity index (χ4v) is 3.67. The van der Waals surface area contributed by atoms with Gasteiger partial charge in [-0.1, -0.05) is 53.5 Å². The van der Waals surface area contributed by atoms with E-state index >= 15 is 0 Å². The van der Waals surface area contributed by atoms with Crippen molar-refractivity contribution in [3.8, 4) is 0 Å². The summed E-state index contributed by atoms with van der Waals surface area (Å²) in [5.41, 5.74) is 3.22. The van der Waals surface area contributed by atoms with Gasteiger partial charge in [0.2, 0.25) is 5.91 Å². The van der Waals surface area contributed by atoms with Crippen molar-refractivity contribution in [2.45, 2.75) is 39.4 Å².